The second kappa shape index (κ2) is 5.26. The number of hydrogen-bond donors (Lipinski definition) is 1. The summed E-state index contributed by atoms with van der Waals surface area (Å²) in [5.74, 6) is 1.12. The summed E-state index contributed by atoms with van der Waals surface area (Å²) in [7, 11) is -3.76. The highest BCUT2D eigenvalue weighted by Crippen LogP contribution is 2.52. The lowest BCUT2D eigenvalue weighted by atomic mass is 9.83. The number of benzene rings is 2. The van der Waals surface area contributed by atoms with Gasteiger partial charge in [-0.25, -0.2) is 4.57 Å². The van der Waals surface area contributed by atoms with Crippen LogP contribution in [0.4, 0.5) is 0 Å². The topological polar surface area (TPSA) is 46.5 Å². The predicted octanol–water partition coefficient (Wildman–Crippen LogP) is 4.60. The van der Waals surface area contributed by atoms with Crippen molar-refractivity contribution in [1.29, 1.82) is 0 Å². The third kappa shape index (κ3) is 2.29. The largest absolute Gasteiger partial charge is 0.421 e. The van der Waals surface area contributed by atoms with E-state index in [2.05, 4.69) is 12.1 Å². The average Bonchev–Trinajstić information content (AvgIpc) is 2.55. The predicted molar refractivity (Wildman–Crippen MR) is 87.8 cm³/mol. The minimum Gasteiger partial charge on any atom is -0.421 e. The van der Waals surface area contributed by atoms with Crippen LogP contribution in [0.3, 0.4) is 0 Å². The van der Waals surface area contributed by atoms with Gasteiger partial charge in [-0.2, -0.15) is 0 Å². The Hall–Kier alpha value is -1.57. The maximum absolute atomic E-state index is 12.3. The van der Waals surface area contributed by atoms with E-state index < -0.39 is 7.60 Å². The van der Waals surface area contributed by atoms with Crippen LogP contribution in [0.15, 0.2) is 42.5 Å². The molecular formula is C18H19O3P. The van der Waals surface area contributed by atoms with Crippen molar-refractivity contribution in [3.05, 3.63) is 48.0 Å². The third-order valence-electron chi connectivity index (χ3n) is 4.80. The minimum atomic E-state index is -3.76. The first-order chi connectivity index (χ1) is 10.6. The zero-order chi connectivity index (χ0) is 15.2. The lowest BCUT2D eigenvalue weighted by Gasteiger charge is -2.27. The first kappa shape index (κ1) is 14.0. The summed E-state index contributed by atoms with van der Waals surface area (Å²) in [6, 6.07) is 13.4. The molecule has 1 aliphatic heterocycles. The van der Waals surface area contributed by atoms with Gasteiger partial charge in [0.05, 0.1) is 5.30 Å². The van der Waals surface area contributed by atoms with Gasteiger partial charge in [0.15, 0.2) is 0 Å². The Morgan fingerprint density at radius 1 is 1.00 bits per heavy atom. The molecule has 0 saturated heterocycles. The smallest absolute Gasteiger partial charge is 0.408 e. The van der Waals surface area contributed by atoms with E-state index in [4.69, 9.17) is 4.52 Å². The molecule has 0 bridgehead atoms. The van der Waals surface area contributed by atoms with Gasteiger partial charge in [-0.1, -0.05) is 43.5 Å². The number of rotatable bonds is 1. The molecule has 1 unspecified atom stereocenters. The maximum atomic E-state index is 12.3. The van der Waals surface area contributed by atoms with Crippen LogP contribution >= 0.6 is 7.60 Å². The molecule has 4 heteroatoms. The lowest BCUT2D eigenvalue weighted by molar-refractivity contribution is 0.392. The van der Waals surface area contributed by atoms with Crippen LogP contribution < -0.4 is 9.83 Å². The highest BCUT2D eigenvalue weighted by molar-refractivity contribution is 7.62. The van der Waals surface area contributed by atoms with Crippen molar-refractivity contribution in [1.82, 2.24) is 0 Å². The molecule has 1 aliphatic carbocycles. The summed E-state index contributed by atoms with van der Waals surface area (Å²) in [5, 5.41) is 0.406. The van der Waals surface area contributed by atoms with Crippen LogP contribution in [0.25, 0.3) is 11.1 Å². The molecule has 2 aromatic carbocycles. The van der Waals surface area contributed by atoms with E-state index in [-0.39, 0.29) is 0 Å². The van der Waals surface area contributed by atoms with Gasteiger partial charge in [0.25, 0.3) is 0 Å². The van der Waals surface area contributed by atoms with E-state index in [0.29, 0.717) is 17.0 Å². The van der Waals surface area contributed by atoms with Crippen molar-refractivity contribution in [2.75, 3.05) is 0 Å². The van der Waals surface area contributed by atoms with Crippen molar-refractivity contribution < 1.29 is 14.0 Å². The van der Waals surface area contributed by atoms with Crippen LogP contribution in [-0.4, -0.2) is 4.89 Å². The van der Waals surface area contributed by atoms with Crippen molar-refractivity contribution in [2.24, 2.45) is 0 Å². The fourth-order valence-corrected chi connectivity index (χ4v) is 4.96. The molecule has 1 atom stereocenters. The number of hydrogen-bond acceptors (Lipinski definition) is 2. The molecule has 0 aromatic heterocycles. The monoisotopic (exact) mass is 314 g/mol. The Morgan fingerprint density at radius 3 is 2.59 bits per heavy atom. The standard InChI is InChI=1S/C18H19O3P/c19-22(20)18-9-5-4-8-15(18)16-12-14(10-11-17(16)21-22)13-6-2-1-3-7-13/h4-5,8-13H,1-3,6-7H2,(H,19,20). The quantitative estimate of drug-likeness (QED) is 0.782. The molecule has 2 aliphatic rings. The zero-order valence-corrected chi connectivity index (χ0v) is 13.3. The second-order valence-electron chi connectivity index (χ2n) is 6.22. The molecule has 1 N–H and O–H groups in total. The van der Waals surface area contributed by atoms with E-state index in [0.717, 1.165) is 11.1 Å². The molecule has 0 amide bonds. The van der Waals surface area contributed by atoms with Crippen LogP contribution in [0.5, 0.6) is 5.75 Å². The summed E-state index contributed by atoms with van der Waals surface area (Å²) >= 11 is 0. The molecule has 3 nitrogen and oxygen atoms in total. The fourth-order valence-electron chi connectivity index (χ4n) is 3.66. The molecule has 114 valence electrons. The molecule has 4 rings (SSSR count). The molecule has 0 radical (unpaired) electrons. The van der Waals surface area contributed by atoms with Crippen LogP contribution in [-0.2, 0) is 4.57 Å². The van der Waals surface area contributed by atoms with Gasteiger partial charge in [-0.3, -0.25) is 0 Å². The molecule has 0 spiro atoms. The van der Waals surface area contributed by atoms with Crippen LogP contribution in [0.1, 0.15) is 43.6 Å². The molecule has 22 heavy (non-hydrogen) atoms. The van der Waals surface area contributed by atoms with E-state index in [1.165, 1.54) is 37.7 Å². The summed E-state index contributed by atoms with van der Waals surface area (Å²) in [5.41, 5.74) is 3.10. The van der Waals surface area contributed by atoms with Crippen molar-refractivity contribution in [2.45, 2.75) is 38.0 Å². The van der Waals surface area contributed by atoms with E-state index in [9.17, 15) is 9.46 Å². The Kier molecular flexibility index (Phi) is 3.36. The van der Waals surface area contributed by atoms with E-state index in [1.807, 2.05) is 18.2 Å². The normalized spacial score (nSPS) is 24.2. The van der Waals surface area contributed by atoms with Gasteiger partial charge in [0.2, 0.25) is 0 Å². The van der Waals surface area contributed by atoms with Crippen LogP contribution in [0, 0.1) is 0 Å². The van der Waals surface area contributed by atoms with Gasteiger partial charge in [0, 0.05) is 11.1 Å². The highest BCUT2D eigenvalue weighted by Gasteiger charge is 2.34. The fraction of sp³-hybridized carbons (Fsp3) is 0.333. The summed E-state index contributed by atoms with van der Waals surface area (Å²) in [4.78, 5) is 10.1. The van der Waals surface area contributed by atoms with Gasteiger partial charge < -0.3 is 9.42 Å². The van der Waals surface area contributed by atoms with Gasteiger partial charge in [-0.05, 0) is 42.5 Å². The summed E-state index contributed by atoms with van der Waals surface area (Å²) in [6.45, 7) is 0. The molecule has 1 fully saturated rings. The average molecular weight is 314 g/mol. The number of fused-ring (bicyclic) bond motifs is 3. The van der Waals surface area contributed by atoms with Gasteiger partial charge >= 0.3 is 7.60 Å². The molecular weight excluding hydrogens is 295 g/mol. The Morgan fingerprint density at radius 2 is 1.77 bits per heavy atom. The van der Waals surface area contributed by atoms with Crippen LogP contribution in [0.2, 0.25) is 0 Å². The Labute approximate surface area is 130 Å². The Bertz CT molecular complexity index is 763. The van der Waals surface area contributed by atoms with E-state index >= 15 is 0 Å². The van der Waals surface area contributed by atoms with Crippen molar-refractivity contribution in [3.63, 3.8) is 0 Å². The SMILES string of the molecule is O=P1(O)Oc2ccc(C3CCCCC3)cc2-c2ccccc21. The van der Waals surface area contributed by atoms with Gasteiger partial charge in [0.1, 0.15) is 5.75 Å². The molecule has 1 saturated carbocycles. The summed E-state index contributed by atoms with van der Waals surface area (Å²) < 4.78 is 17.7. The molecule has 2 aromatic rings. The highest BCUT2D eigenvalue weighted by atomic mass is 31.2. The minimum absolute atomic E-state index is 0.406. The van der Waals surface area contributed by atoms with Gasteiger partial charge in [-0.15, -0.1) is 0 Å². The molecule has 1 heterocycles. The maximum Gasteiger partial charge on any atom is 0.408 e. The summed E-state index contributed by atoms with van der Waals surface area (Å²) in [6.07, 6.45) is 6.39. The second-order valence-corrected chi connectivity index (χ2v) is 7.92. The lowest BCUT2D eigenvalue weighted by Crippen LogP contribution is -2.17. The van der Waals surface area contributed by atoms with Crippen molar-refractivity contribution in [3.8, 4) is 16.9 Å². The Balaban J connectivity index is 1.83. The van der Waals surface area contributed by atoms with E-state index in [1.54, 1.807) is 12.1 Å². The first-order valence-corrected chi connectivity index (χ1v) is 9.49. The first-order valence-electron chi connectivity index (χ1n) is 7.91. The van der Waals surface area contributed by atoms with Crippen molar-refractivity contribution >= 4 is 12.9 Å². The third-order valence-corrected chi connectivity index (χ3v) is 6.24. The zero-order valence-electron chi connectivity index (χ0n) is 12.4.